The van der Waals surface area contributed by atoms with Crippen molar-refractivity contribution in [1.29, 1.82) is 0 Å². The van der Waals surface area contributed by atoms with E-state index < -0.39 is 22.5 Å². The molecule has 0 radical (unpaired) electrons. The molecule has 0 bridgehead atoms. The average Bonchev–Trinajstić information content (AvgIpc) is 2.67. The molecule has 0 aliphatic rings. The van der Waals surface area contributed by atoms with Crippen LogP contribution in [0.2, 0.25) is 0 Å². The van der Waals surface area contributed by atoms with Gasteiger partial charge in [0.25, 0.3) is 5.91 Å². The first-order chi connectivity index (χ1) is 12.4. The lowest BCUT2D eigenvalue weighted by molar-refractivity contribution is -0.119. The molecule has 0 aromatic heterocycles. The quantitative estimate of drug-likeness (QED) is 0.530. The Morgan fingerprint density at radius 1 is 1.08 bits per heavy atom. The maximum Gasteiger partial charge on any atom is 0.255 e. The van der Waals surface area contributed by atoms with Gasteiger partial charge in [0.2, 0.25) is 10.0 Å². The number of nitrogens with zero attached hydrogens (tertiary/aromatic N) is 1. The lowest BCUT2D eigenvalue weighted by Crippen LogP contribution is -2.34. The minimum Gasteiger partial charge on any atom is -0.497 e. The normalized spacial score (nSPS) is 11.3. The summed E-state index contributed by atoms with van der Waals surface area (Å²) < 4.78 is 36.5. The topological polar surface area (TPSA) is 106 Å². The van der Waals surface area contributed by atoms with E-state index in [1.54, 1.807) is 36.4 Å². The Morgan fingerprint density at radius 3 is 2.27 bits per heavy atom. The van der Waals surface area contributed by atoms with Crippen LogP contribution >= 0.6 is 0 Å². The molecule has 2 aromatic rings. The molecule has 0 heterocycles. The molecule has 2 rings (SSSR count). The number of benzene rings is 2. The van der Waals surface area contributed by atoms with E-state index in [2.05, 4.69) is 15.2 Å². The summed E-state index contributed by atoms with van der Waals surface area (Å²) in [5.74, 6) is 0.552. The first-order valence-corrected chi connectivity index (χ1v) is 9.02. The zero-order valence-electron chi connectivity index (χ0n) is 14.3. The van der Waals surface area contributed by atoms with Crippen molar-refractivity contribution in [2.75, 3.05) is 20.8 Å². The molecular formula is C17H19N3O5S. The molecule has 9 heteroatoms. The van der Waals surface area contributed by atoms with Gasteiger partial charge in [-0.15, -0.1) is 0 Å². The van der Waals surface area contributed by atoms with Crippen LogP contribution in [0.5, 0.6) is 11.5 Å². The molecule has 0 aliphatic carbocycles. The molecule has 0 saturated heterocycles. The van der Waals surface area contributed by atoms with Gasteiger partial charge in [0, 0.05) is 11.6 Å². The molecule has 0 fully saturated rings. The summed E-state index contributed by atoms with van der Waals surface area (Å²) in [7, 11) is -0.698. The highest BCUT2D eigenvalue weighted by molar-refractivity contribution is 7.89. The summed E-state index contributed by atoms with van der Waals surface area (Å²) in [6.07, 6.45) is 1.40. The number of carbonyl (C=O) groups excluding carboxylic acids is 1. The van der Waals surface area contributed by atoms with Crippen LogP contribution in [0.15, 0.2) is 58.5 Å². The third kappa shape index (κ3) is 5.57. The van der Waals surface area contributed by atoms with Crippen molar-refractivity contribution in [3.8, 4) is 11.5 Å². The van der Waals surface area contributed by atoms with Crippen LogP contribution in [0.3, 0.4) is 0 Å². The van der Waals surface area contributed by atoms with E-state index in [0.29, 0.717) is 17.1 Å². The number of carbonyl (C=O) groups is 1. The number of nitrogens with one attached hydrogen (secondary N) is 2. The monoisotopic (exact) mass is 377 g/mol. The molecule has 2 aromatic carbocycles. The summed E-state index contributed by atoms with van der Waals surface area (Å²) in [4.78, 5) is 11.8. The van der Waals surface area contributed by atoms with E-state index in [-0.39, 0.29) is 4.90 Å². The minimum absolute atomic E-state index is 0.0831. The molecule has 8 nitrogen and oxygen atoms in total. The first kappa shape index (κ1) is 19.4. The van der Waals surface area contributed by atoms with Crippen molar-refractivity contribution in [2.45, 2.75) is 4.90 Å². The highest BCUT2D eigenvalue weighted by atomic mass is 32.2. The summed E-state index contributed by atoms with van der Waals surface area (Å²) >= 11 is 0. The highest BCUT2D eigenvalue weighted by Gasteiger charge is 2.14. The Bertz CT molecular complexity index is 860. The second-order valence-electron chi connectivity index (χ2n) is 5.08. The fourth-order valence-corrected chi connectivity index (χ4v) is 2.97. The number of hydrazone groups is 1. The third-order valence-corrected chi connectivity index (χ3v) is 4.67. The number of sulfonamides is 1. The molecule has 0 saturated carbocycles. The maximum atomic E-state index is 12.0. The van der Waals surface area contributed by atoms with Gasteiger partial charge in [0.1, 0.15) is 11.5 Å². The van der Waals surface area contributed by atoms with Crippen molar-refractivity contribution in [2.24, 2.45) is 5.10 Å². The Labute approximate surface area is 151 Å². The van der Waals surface area contributed by atoms with Crippen molar-refractivity contribution in [1.82, 2.24) is 10.1 Å². The summed E-state index contributed by atoms with van der Waals surface area (Å²) in [6, 6.07) is 12.9. The van der Waals surface area contributed by atoms with Crippen molar-refractivity contribution in [3.63, 3.8) is 0 Å². The molecule has 0 spiro atoms. The fourth-order valence-electron chi connectivity index (χ4n) is 1.97. The molecular weight excluding hydrogens is 358 g/mol. The molecule has 2 N–H and O–H groups in total. The number of amides is 1. The van der Waals surface area contributed by atoms with Crippen molar-refractivity contribution >= 4 is 22.1 Å². The van der Waals surface area contributed by atoms with Gasteiger partial charge < -0.3 is 9.47 Å². The van der Waals surface area contributed by atoms with E-state index in [0.717, 1.165) is 0 Å². The number of methoxy groups -OCH3 is 2. The van der Waals surface area contributed by atoms with Gasteiger partial charge in [-0.3, -0.25) is 4.79 Å². The zero-order chi connectivity index (χ0) is 19.0. The predicted molar refractivity (Wildman–Crippen MR) is 96.9 cm³/mol. The summed E-state index contributed by atoms with van der Waals surface area (Å²) in [5, 5.41) is 3.80. The van der Waals surface area contributed by atoms with E-state index in [4.69, 9.17) is 9.47 Å². The average molecular weight is 377 g/mol. The van der Waals surface area contributed by atoms with Gasteiger partial charge in [-0.1, -0.05) is 18.2 Å². The van der Waals surface area contributed by atoms with Gasteiger partial charge in [0.05, 0.1) is 31.9 Å². The Morgan fingerprint density at radius 2 is 1.69 bits per heavy atom. The van der Waals surface area contributed by atoms with E-state index in [1.807, 2.05) is 0 Å². The lowest BCUT2D eigenvalue weighted by Gasteiger charge is -2.06. The standard InChI is InChI=1S/C17H19N3O5S/c1-24-14-8-13(9-15(10-14)25-2)11-18-20-17(21)12-19-26(22,23)16-6-4-3-5-7-16/h3-11,19H,12H2,1-2H3,(H,20,21)/b18-11-. The predicted octanol–water partition coefficient (Wildman–Crippen LogP) is 1.13. The first-order valence-electron chi connectivity index (χ1n) is 7.54. The van der Waals surface area contributed by atoms with E-state index in [9.17, 15) is 13.2 Å². The number of ether oxygens (including phenoxy) is 2. The molecule has 138 valence electrons. The summed E-state index contributed by atoms with van der Waals surface area (Å²) in [5.41, 5.74) is 2.90. The molecule has 26 heavy (non-hydrogen) atoms. The summed E-state index contributed by atoms with van der Waals surface area (Å²) in [6.45, 7) is -0.435. The SMILES string of the molecule is COc1cc(/C=N\NC(=O)CNS(=O)(=O)c2ccccc2)cc(OC)c1. The third-order valence-electron chi connectivity index (χ3n) is 3.25. The Balaban J connectivity index is 1.92. The molecule has 1 amide bonds. The van der Waals surface area contributed by atoms with Crippen LogP contribution in [-0.2, 0) is 14.8 Å². The fraction of sp³-hybridized carbons (Fsp3) is 0.176. The molecule has 0 aliphatic heterocycles. The van der Waals surface area contributed by atoms with Gasteiger partial charge in [-0.25, -0.2) is 18.6 Å². The van der Waals surface area contributed by atoms with Gasteiger partial charge >= 0.3 is 0 Å². The van der Waals surface area contributed by atoms with E-state index >= 15 is 0 Å². The maximum absolute atomic E-state index is 12.0. The number of rotatable bonds is 8. The van der Waals surface area contributed by atoms with Gasteiger partial charge in [0.15, 0.2) is 0 Å². The largest absolute Gasteiger partial charge is 0.497 e. The van der Waals surface area contributed by atoms with Crippen LogP contribution in [0, 0.1) is 0 Å². The van der Waals surface area contributed by atoms with Crippen LogP contribution in [-0.4, -0.2) is 41.3 Å². The minimum atomic E-state index is -3.75. The Hall–Kier alpha value is -2.91. The number of hydrogen-bond donors (Lipinski definition) is 2. The molecule has 0 atom stereocenters. The van der Waals surface area contributed by atoms with Crippen LogP contribution in [0.1, 0.15) is 5.56 Å². The van der Waals surface area contributed by atoms with Crippen molar-refractivity contribution in [3.05, 3.63) is 54.1 Å². The molecule has 0 unspecified atom stereocenters. The second-order valence-corrected chi connectivity index (χ2v) is 6.84. The van der Waals surface area contributed by atoms with Gasteiger partial charge in [-0.05, 0) is 24.3 Å². The lowest BCUT2D eigenvalue weighted by atomic mass is 10.2. The second kappa shape index (κ2) is 8.97. The highest BCUT2D eigenvalue weighted by Crippen LogP contribution is 2.21. The smallest absolute Gasteiger partial charge is 0.255 e. The van der Waals surface area contributed by atoms with Crippen LogP contribution in [0.25, 0.3) is 0 Å². The van der Waals surface area contributed by atoms with Crippen LogP contribution in [0.4, 0.5) is 0 Å². The van der Waals surface area contributed by atoms with E-state index in [1.165, 1.54) is 32.6 Å². The van der Waals surface area contributed by atoms with Crippen molar-refractivity contribution < 1.29 is 22.7 Å². The zero-order valence-corrected chi connectivity index (χ0v) is 15.1. The van der Waals surface area contributed by atoms with Gasteiger partial charge in [-0.2, -0.15) is 5.10 Å². The van der Waals surface area contributed by atoms with Crippen LogP contribution < -0.4 is 19.6 Å². The Kier molecular flexibility index (Phi) is 6.70. The number of hydrogen-bond acceptors (Lipinski definition) is 6.